The van der Waals surface area contributed by atoms with E-state index in [9.17, 15) is 5.11 Å². The van der Waals surface area contributed by atoms with Gasteiger partial charge < -0.3 is 19.9 Å². The van der Waals surface area contributed by atoms with Gasteiger partial charge in [-0.3, -0.25) is 0 Å². The molecule has 0 aromatic heterocycles. The van der Waals surface area contributed by atoms with Crippen molar-refractivity contribution in [2.45, 2.75) is 26.5 Å². The van der Waals surface area contributed by atoms with Gasteiger partial charge in [-0.2, -0.15) is 0 Å². The van der Waals surface area contributed by atoms with Gasteiger partial charge in [0.2, 0.25) is 0 Å². The van der Waals surface area contributed by atoms with E-state index in [0.29, 0.717) is 19.7 Å². The standard InChI is InChI=1S/C19H25NO3/c1-4-23-18-10-7-15(11-19(18)22-3)12-20-13-17(21)16-8-5-14(2)6-9-16/h5-11,17,20-21H,4,12-13H2,1-3H3. The summed E-state index contributed by atoms with van der Waals surface area (Å²) in [6.45, 7) is 5.75. The summed E-state index contributed by atoms with van der Waals surface area (Å²) in [7, 11) is 1.64. The van der Waals surface area contributed by atoms with E-state index in [1.54, 1.807) is 7.11 Å². The van der Waals surface area contributed by atoms with Crippen LogP contribution >= 0.6 is 0 Å². The Bertz CT molecular complexity index is 611. The molecule has 2 aromatic carbocycles. The summed E-state index contributed by atoms with van der Waals surface area (Å²) < 4.78 is 10.9. The highest BCUT2D eigenvalue weighted by molar-refractivity contribution is 5.42. The normalized spacial score (nSPS) is 12.0. The van der Waals surface area contributed by atoms with E-state index in [0.717, 1.165) is 22.6 Å². The molecule has 2 aromatic rings. The van der Waals surface area contributed by atoms with Crippen molar-refractivity contribution in [3.05, 3.63) is 59.2 Å². The maximum absolute atomic E-state index is 10.2. The molecular formula is C19H25NO3. The minimum Gasteiger partial charge on any atom is -0.493 e. The first kappa shape index (κ1) is 17.3. The highest BCUT2D eigenvalue weighted by Gasteiger charge is 2.08. The van der Waals surface area contributed by atoms with Gasteiger partial charge in [-0.15, -0.1) is 0 Å². The van der Waals surface area contributed by atoms with Crippen LogP contribution in [0, 0.1) is 6.92 Å². The molecule has 0 spiro atoms. The predicted molar refractivity (Wildman–Crippen MR) is 92.0 cm³/mol. The molecule has 4 nitrogen and oxygen atoms in total. The zero-order valence-electron chi connectivity index (χ0n) is 14.0. The van der Waals surface area contributed by atoms with Crippen LogP contribution < -0.4 is 14.8 Å². The van der Waals surface area contributed by atoms with Crippen molar-refractivity contribution in [3.63, 3.8) is 0 Å². The summed E-state index contributed by atoms with van der Waals surface area (Å²) in [5.41, 5.74) is 3.20. The summed E-state index contributed by atoms with van der Waals surface area (Å²) in [6.07, 6.45) is -0.514. The van der Waals surface area contributed by atoms with Crippen LogP contribution in [0.15, 0.2) is 42.5 Å². The van der Waals surface area contributed by atoms with Gasteiger partial charge in [0.25, 0.3) is 0 Å². The van der Waals surface area contributed by atoms with E-state index in [2.05, 4.69) is 5.32 Å². The number of benzene rings is 2. The van der Waals surface area contributed by atoms with Gasteiger partial charge in [-0.05, 0) is 37.1 Å². The molecule has 0 fully saturated rings. The van der Waals surface area contributed by atoms with Crippen molar-refractivity contribution >= 4 is 0 Å². The smallest absolute Gasteiger partial charge is 0.161 e. The molecule has 0 bridgehead atoms. The summed E-state index contributed by atoms with van der Waals surface area (Å²) in [4.78, 5) is 0. The number of hydrogen-bond acceptors (Lipinski definition) is 4. The van der Waals surface area contributed by atoms with Crippen LogP contribution in [-0.2, 0) is 6.54 Å². The largest absolute Gasteiger partial charge is 0.493 e. The van der Waals surface area contributed by atoms with E-state index in [-0.39, 0.29) is 0 Å². The van der Waals surface area contributed by atoms with Gasteiger partial charge >= 0.3 is 0 Å². The second kappa shape index (κ2) is 8.56. The van der Waals surface area contributed by atoms with Crippen LogP contribution in [0.4, 0.5) is 0 Å². The number of hydrogen-bond donors (Lipinski definition) is 2. The molecule has 0 saturated heterocycles. The fourth-order valence-corrected chi connectivity index (χ4v) is 2.36. The van der Waals surface area contributed by atoms with Gasteiger partial charge in [-0.25, -0.2) is 0 Å². The van der Waals surface area contributed by atoms with Gasteiger partial charge in [-0.1, -0.05) is 35.9 Å². The first-order valence-electron chi connectivity index (χ1n) is 7.89. The molecule has 0 saturated carbocycles. The van der Waals surface area contributed by atoms with Crippen LogP contribution in [0.5, 0.6) is 11.5 Å². The molecule has 0 aliphatic rings. The molecule has 23 heavy (non-hydrogen) atoms. The molecule has 0 aliphatic carbocycles. The number of methoxy groups -OCH3 is 1. The molecule has 124 valence electrons. The third-order valence-corrected chi connectivity index (χ3v) is 3.66. The zero-order chi connectivity index (χ0) is 16.7. The monoisotopic (exact) mass is 315 g/mol. The number of aliphatic hydroxyl groups is 1. The van der Waals surface area contributed by atoms with E-state index < -0.39 is 6.10 Å². The lowest BCUT2D eigenvalue weighted by molar-refractivity contribution is 0.174. The Hall–Kier alpha value is -2.04. The Morgan fingerprint density at radius 2 is 1.83 bits per heavy atom. The van der Waals surface area contributed by atoms with Gasteiger partial charge in [0.05, 0.1) is 19.8 Å². The Labute approximate surface area is 138 Å². The topological polar surface area (TPSA) is 50.7 Å². The van der Waals surface area contributed by atoms with Crippen molar-refractivity contribution in [1.82, 2.24) is 5.32 Å². The SMILES string of the molecule is CCOc1ccc(CNCC(O)c2ccc(C)cc2)cc1OC. The molecule has 0 aliphatic heterocycles. The number of aliphatic hydroxyl groups excluding tert-OH is 1. The summed E-state index contributed by atoms with van der Waals surface area (Å²) in [5, 5.41) is 13.5. The summed E-state index contributed by atoms with van der Waals surface area (Å²) in [5.74, 6) is 1.48. The Morgan fingerprint density at radius 1 is 1.09 bits per heavy atom. The minimum atomic E-state index is -0.514. The molecule has 1 unspecified atom stereocenters. The van der Waals surface area contributed by atoms with E-state index in [1.165, 1.54) is 5.56 Å². The zero-order valence-corrected chi connectivity index (χ0v) is 14.0. The molecule has 0 amide bonds. The molecule has 0 radical (unpaired) electrons. The van der Waals surface area contributed by atoms with Crippen molar-refractivity contribution in [2.24, 2.45) is 0 Å². The molecule has 1 atom stereocenters. The first-order valence-corrected chi connectivity index (χ1v) is 7.89. The average molecular weight is 315 g/mol. The Morgan fingerprint density at radius 3 is 2.48 bits per heavy atom. The minimum absolute atomic E-state index is 0.499. The van der Waals surface area contributed by atoms with Gasteiger partial charge in [0.15, 0.2) is 11.5 Å². The van der Waals surface area contributed by atoms with Crippen molar-refractivity contribution < 1.29 is 14.6 Å². The van der Waals surface area contributed by atoms with E-state index in [1.807, 2.05) is 56.3 Å². The third-order valence-electron chi connectivity index (χ3n) is 3.66. The predicted octanol–water partition coefficient (Wildman–Crippen LogP) is 3.23. The second-order valence-electron chi connectivity index (χ2n) is 5.48. The molecule has 4 heteroatoms. The number of rotatable bonds is 8. The average Bonchev–Trinajstić information content (AvgIpc) is 2.56. The number of aryl methyl sites for hydroxylation is 1. The van der Waals surface area contributed by atoms with Gasteiger partial charge in [0, 0.05) is 13.1 Å². The molecule has 0 heterocycles. The highest BCUT2D eigenvalue weighted by atomic mass is 16.5. The Balaban J connectivity index is 1.89. The summed E-state index contributed by atoms with van der Waals surface area (Å²) in [6, 6.07) is 13.8. The van der Waals surface area contributed by atoms with Crippen LogP contribution in [0.25, 0.3) is 0 Å². The quantitative estimate of drug-likeness (QED) is 0.785. The molecule has 2 rings (SSSR count). The molecule has 2 N–H and O–H groups in total. The van der Waals surface area contributed by atoms with Crippen molar-refractivity contribution in [2.75, 3.05) is 20.3 Å². The van der Waals surface area contributed by atoms with Gasteiger partial charge in [0.1, 0.15) is 0 Å². The lowest BCUT2D eigenvalue weighted by Crippen LogP contribution is -2.21. The fourth-order valence-electron chi connectivity index (χ4n) is 2.36. The van der Waals surface area contributed by atoms with Crippen LogP contribution in [-0.4, -0.2) is 25.4 Å². The number of ether oxygens (including phenoxy) is 2. The fraction of sp³-hybridized carbons (Fsp3) is 0.368. The molecular weight excluding hydrogens is 290 g/mol. The third kappa shape index (κ3) is 4.98. The van der Waals surface area contributed by atoms with Crippen LogP contribution in [0.1, 0.15) is 29.7 Å². The van der Waals surface area contributed by atoms with Crippen LogP contribution in [0.3, 0.4) is 0 Å². The second-order valence-corrected chi connectivity index (χ2v) is 5.48. The first-order chi connectivity index (χ1) is 11.1. The number of nitrogens with one attached hydrogen (secondary N) is 1. The highest BCUT2D eigenvalue weighted by Crippen LogP contribution is 2.28. The lowest BCUT2D eigenvalue weighted by atomic mass is 10.1. The maximum atomic E-state index is 10.2. The maximum Gasteiger partial charge on any atom is 0.161 e. The van der Waals surface area contributed by atoms with Crippen molar-refractivity contribution in [1.29, 1.82) is 0 Å². The van der Waals surface area contributed by atoms with Crippen LogP contribution in [0.2, 0.25) is 0 Å². The Kier molecular flexibility index (Phi) is 6.44. The van der Waals surface area contributed by atoms with Crippen molar-refractivity contribution in [3.8, 4) is 11.5 Å². The lowest BCUT2D eigenvalue weighted by Gasteiger charge is -2.14. The van der Waals surface area contributed by atoms with E-state index >= 15 is 0 Å². The summed E-state index contributed by atoms with van der Waals surface area (Å²) >= 11 is 0. The van der Waals surface area contributed by atoms with E-state index in [4.69, 9.17) is 9.47 Å².